The molecule has 3 heterocycles. The summed E-state index contributed by atoms with van der Waals surface area (Å²) in [7, 11) is 1.64. The molecule has 6 nitrogen and oxygen atoms in total. The molecule has 0 radical (unpaired) electrons. The average Bonchev–Trinajstić information content (AvgIpc) is 3.35. The van der Waals surface area contributed by atoms with E-state index in [0.717, 1.165) is 61.5 Å². The molecule has 2 aromatic heterocycles. The van der Waals surface area contributed by atoms with Crippen molar-refractivity contribution in [3.8, 4) is 0 Å². The highest BCUT2D eigenvalue weighted by Crippen LogP contribution is 2.35. The van der Waals surface area contributed by atoms with Gasteiger partial charge in [0.05, 0.1) is 18.3 Å². The first-order chi connectivity index (χ1) is 12.3. The molecule has 1 saturated heterocycles. The lowest BCUT2D eigenvalue weighted by Gasteiger charge is -2.28. The Morgan fingerprint density at radius 3 is 3.12 bits per heavy atom. The maximum Gasteiger partial charge on any atom is 0.318 e. The normalized spacial score (nSPS) is 22.8. The maximum atomic E-state index is 12.9. The molecule has 0 spiro atoms. The van der Waals surface area contributed by atoms with Crippen LogP contribution in [0.5, 0.6) is 0 Å². The molecule has 4 rings (SSSR count). The summed E-state index contributed by atoms with van der Waals surface area (Å²) in [5.74, 6) is 2.64. The molecule has 0 unspecified atom stereocenters. The molecule has 1 aliphatic heterocycles. The predicted molar refractivity (Wildman–Crippen MR) is 91.0 cm³/mol. The molecule has 0 aromatic carbocycles. The van der Waals surface area contributed by atoms with E-state index in [0.29, 0.717) is 6.61 Å². The topological polar surface area (TPSA) is 67.8 Å². The van der Waals surface area contributed by atoms with Crippen molar-refractivity contribution in [2.24, 2.45) is 0 Å². The second-order valence-corrected chi connectivity index (χ2v) is 6.78. The van der Waals surface area contributed by atoms with Crippen LogP contribution >= 0.6 is 0 Å². The molecule has 134 valence electrons. The molecular formula is C19H24N2O4. The van der Waals surface area contributed by atoms with E-state index in [1.807, 2.05) is 23.1 Å². The number of aryl methyl sites for hydroxylation is 1. The summed E-state index contributed by atoms with van der Waals surface area (Å²) >= 11 is 0. The van der Waals surface area contributed by atoms with Gasteiger partial charge in [0.1, 0.15) is 23.9 Å². The zero-order valence-electron chi connectivity index (χ0n) is 14.5. The summed E-state index contributed by atoms with van der Waals surface area (Å²) in [5, 5.41) is 3.20. The first-order valence-electron chi connectivity index (χ1n) is 8.97. The number of furan rings is 2. The van der Waals surface area contributed by atoms with Crippen LogP contribution in [0.25, 0.3) is 0 Å². The van der Waals surface area contributed by atoms with E-state index < -0.39 is 0 Å². The summed E-state index contributed by atoms with van der Waals surface area (Å²) in [5.41, 5.74) is 1.12. The van der Waals surface area contributed by atoms with Gasteiger partial charge in [-0.2, -0.15) is 0 Å². The molecule has 2 aromatic rings. The van der Waals surface area contributed by atoms with Crippen molar-refractivity contribution in [3.63, 3.8) is 0 Å². The fourth-order valence-electron chi connectivity index (χ4n) is 3.97. The SMILES string of the molecule is COCc1ccc([C@@H]2CCCN2C(=O)N[C@H]2CCCc3occc32)o1. The first kappa shape index (κ1) is 16.3. The smallest absolute Gasteiger partial charge is 0.318 e. The van der Waals surface area contributed by atoms with Crippen LogP contribution < -0.4 is 5.32 Å². The number of nitrogens with one attached hydrogen (secondary N) is 1. The summed E-state index contributed by atoms with van der Waals surface area (Å²) in [6, 6.07) is 5.87. The Bertz CT molecular complexity index is 735. The lowest BCUT2D eigenvalue weighted by molar-refractivity contribution is 0.155. The van der Waals surface area contributed by atoms with E-state index >= 15 is 0 Å². The third kappa shape index (κ3) is 3.18. The number of likely N-dealkylation sites (tertiary alicyclic amines) is 1. The second-order valence-electron chi connectivity index (χ2n) is 6.78. The zero-order valence-corrected chi connectivity index (χ0v) is 14.5. The van der Waals surface area contributed by atoms with Gasteiger partial charge in [-0.05, 0) is 43.9 Å². The van der Waals surface area contributed by atoms with E-state index in [9.17, 15) is 4.79 Å². The average molecular weight is 344 g/mol. The largest absolute Gasteiger partial charge is 0.469 e. The van der Waals surface area contributed by atoms with Gasteiger partial charge in [-0.25, -0.2) is 4.79 Å². The minimum Gasteiger partial charge on any atom is -0.469 e. The minimum absolute atomic E-state index is 0.00184. The molecular weight excluding hydrogens is 320 g/mol. The van der Waals surface area contributed by atoms with Crippen LogP contribution in [-0.2, 0) is 17.8 Å². The van der Waals surface area contributed by atoms with Crippen molar-refractivity contribution in [2.45, 2.75) is 50.8 Å². The van der Waals surface area contributed by atoms with Gasteiger partial charge in [-0.3, -0.25) is 0 Å². The summed E-state index contributed by atoms with van der Waals surface area (Å²) < 4.78 is 16.5. The number of carbonyl (C=O) groups is 1. The number of ether oxygens (including phenoxy) is 1. The lowest BCUT2D eigenvalue weighted by Crippen LogP contribution is -2.41. The van der Waals surface area contributed by atoms with Gasteiger partial charge in [0, 0.05) is 25.6 Å². The molecule has 1 fully saturated rings. The molecule has 6 heteroatoms. The fraction of sp³-hybridized carbons (Fsp3) is 0.526. The molecule has 1 N–H and O–H groups in total. The van der Waals surface area contributed by atoms with Gasteiger partial charge in [0.2, 0.25) is 0 Å². The van der Waals surface area contributed by atoms with Crippen molar-refractivity contribution in [2.75, 3.05) is 13.7 Å². The predicted octanol–water partition coefficient (Wildman–Crippen LogP) is 3.94. The number of methoxy groups -OCH3 is 1. The van der Waals surface area contributed by atoms with Gasteiger partial charge in [-0.1, -0.05) is 0 Å². The minimum atomic E-state index is -0.0220. The third-order valence-electron chi connectivity index (χ3n) is 5.16. The van der Waals surface area contributed by atoms with Crippen LogP contribution in [0.15, 0.2) is 33.3 Å². The highest BCUT2D eigenvalue weighted by Gasteiger charge is 2.34. The highest BCUT2D eigenvalue weighted by molar-refractivity contribution is 5.75. The van der Waals surface area contributed by atoms with Crippen LogP contribution in [0.2, 0.25) is 0 Å². The van der Waals surface area contributed by atoms with E-state index in [2.05, 4.69) is 5.32 Å². The quantitative estimate of drug-likeness (QED) is 0.912. The number of hydrogen-bond acceptors (Lipinski definition) is 4. The van der Waals surface area contributed by atoms with Crippen LogP contribution in [-0.4, -0.2) is 24.6 Å². The van der Waals surface area contributed by atoms with Crippen LogP contribution in [0.1, 0.15) is 60.6 Å². The molecule has 2 atom stereocenters. The molecule has 25 heavy (non-hydrogen) atoms. The van der Waals surface area contributed by atoms with E-state index in [1.165, 1.54) is 0 Å². The summed E-state index contributed by atoms with van der Waals surface area (Å²) in [6.45, 7) is 1.20. The number of amides is 2. The van der Waals surface area contributed by atoms with E-state index in [-0.39, 0.29) is 18.1 Å². The Kier molecular flexibility index (Phi) is 4.53. The molecule has 2 amide bonds. The van der Waals surface area contributed by atoms with Gasteiger partial charge in [0.25, 0.3) is 0 Å². The lowest BCUT2D eigenvalue weighted by atomic mass is 9.93. The van der Waals surface area contributed by atoms with Gasteiger partial charge in [0.15, 0.2) is 0 Å². The molecule has 2 aliphatic rings. The Labute approximate surface area is 147 Å². The van der Waals surface area contributed by atoms with Crippen LogP contribution in [0.4, 0.5) is 4.79 Å². The van der Waals surface area contributed by atoms with E-state index in [1.54, 1.807) is 13.4 Å². The summed E-state index contributed by atoms with van der Waals surface area (Å²) in [6.07, 6.45) is 6.57. The second kappa shape index (κ2) is 6.96. The van der Waals surface area contributed by atoms with E-state index in [4.69, 9.17) is 13.6 Å². The highest BCUT2D eigenvalue weighted by atomic mass is 16.5. The third-order valence-corrected chi connectivity index (χ3v) is 5.16. The van der Waals surface area contributed by atoms with Crippen molar-refractivity contribution < 1.29 is 18.4 Å². The van der Waals surface area contributed by atoms with Crippen LogP contribution in [0, 0.1) is 0 Å². The fourth-order valence-corrected chi connectivity index (χ4v) is 3.97. The number of fused-ring (bicyclic) bond motifs is 1. The van der Waals surface area contributed by atoms with Crippen molar-refractivity contribution in [3.05, 3.63) is 47.3 Å². The molecule has 0 saturated carbocycles. The van der Waals surface area contributed by atoms with Crippen molar-refractivity contribution >= 4 is 6.03 Å². The monoisotopic (exact) mass is 344 g/mol. The molecule has 0 bridgehead atoms. The summed E-state index contributed by atoms with van der Waals surface area (Å²) in [4.78, 5) is 14.8. The Balaban J connectivity index is 1.46. The Morgan fingerprint density at radius 2 is 2.24 bits per heavy atom. The number of carbonyl (C=O) groups excluding carboxylic acids is 1. The Morgan fingerprint density at radius 1 is 1.32 bits per heavy atom. The standard InChI is InChI=1S/C19H24N2O4/c1-23-12-13-7-8-18(25-13)16-5-3-10-21(16)19(22)20-15-4-2-6-17-14(15)9-11-24-17/h7-9,11,15-16H,2-6,10,12H2,1H3,(H,20,22)/t15-,16-/m0/s1. The van der Waals surface area contributed by atoms with Crippen molar-refractivity contribution in [1.82, 2.24) is 10.2 Å². The number of urea groups is 1. The maximum absolute atomic E-state index is 12.9. The van der Waals surface area contributed by atoms with Gasteiger partial charge in [-0.15, -0.1) is 0 Å². The first-order valence-corrected chi connectivity index (χ1v) is 8.97. The number of rotatable bonds is 4. The number of nitrogens with zero attached hydrogens (tertiary/aromatic N) is 1. The molecule has 1 aliphatic carbocycles. The van der Waals surface area contributed by atoms with Crippen LogP contribution in [0.3, 0.4) is 0 Å². The van der Waals surface area contributed by atoms with Crippen molar-refractivity contribution in [1.29, 1.82) is 0 Å². The Hall–Kier alpha value is -2.21. The number of hydrogen-bond donors (Lipinski definition) is 1. The zero-order chi connectivity index (χ0) is 17.2. The van der Waals surface area contributed by atoms with Gasteiger partial charge < -0.3 is 23.8 Å². The van der Waals surface area contributed by atoms with Gasteiger partial charge >= 0.3 is 6.03 Å².